The van der Waals surface area contributed by atoms with E-state index in [1.807, 2.05) is 13.8 Å². The zero-order chi connectivity index (χ0) is 19.1. The maximum atomic E-state index is 11.5. The van der Waals surface area contributed by atoms with Crippen LogP contribution >= 0.6 is 22.6 Å². The molecule has 0 aromatic rings. The van der Waals surface area contributed by atoms with Crippen LogP contribution in [0.1, 0.15) is 41.0 Å². The van der Waals surface area contributed by atoms with E-state index in [1.54, 1.807) is 0 Å². The molecule has 0 N–H and O–H groups in total. The molecular formula is C16H25IO8. The van der Waals surface area contributed by atoms with Gasteiger partial charge in [0.05, 0.1) is 6.10 Å². The number of carbonyl (C=O) groups is 3. The lowest BCUT2D eigenvalue weighted by Crippen LogP contribution is -2.60. The van der Waals surface area contributed by atoms with Gasteiger partial charge in [0, 0.05) is 20.8 Å². The van der Waals surface area contributed by atoms with Crippen molar-refractivity contribution in [1.82, 2.24) is 0 Å². The van der Waals surface area contributed by atoms with E-state index in [-0.39, 0.29) is 12.7 Å². The summed E-state index contributed by atoms with van der Waals surface area (Å²) in [6, 6.07) is 0. The molecular weight excluding hydrogens is 447 g/mol. The number of hydrogen-bond donors (Lipinski definition) is 0. The molecule has 8 nitrogen and oxygen atoms in total. The van der Waals surface area contributed by atoms with Gasteiger partial charge in [0.1, 0.15) is 16.6 Å². The molecule has 0 saturated carbocycles. The van der Waals surface area contributed by atoms with Gasteiger partial charge in [0.25, 0.3) is 0 Å². The van der Waals surface area contributed by atoms with Gasteiger partial charge in [-0.1, -0.05) is 29.5 Å². The average molecular weight is 472 g/mol. The summed E-state index contributed by atoms with van der Waals surface area (Å²) in [4.78, 5) is 34.1. The number of hydrogen-bond acceptors (Lipinski definition) is 8. The van der Waals surface area contributed by atoms with Crippen molar-refractivity contribution < 1.29 is 38.1 Å². The largest absolute Gasteiger partial charge is 0.463 e. The van der Waals surface area contributed by atoms with E-state index in [1.165, 1.54) is 20.8 Å². The Bertz CT molecular complexity index is 483. The molecule has 0 aromatic carbocycles. The van der Waals surface area contributed by atoms with Crippen molar-refractivity contribution in [2.24, 2.45) is 0 Å². The summed E-state index contributed by atoms with van der Waals surface area (Å²) >= 11 is 2.05. The zero-order valence-electron chi connectivity index (χ0n) is 15.0. The van der Waals surface area contributed by atoms with Crippen molar-refractivity contribution in [3.63, 3.8) is 0 Å². The molecule has 0 aliphatic carbocycles. The first kappa shape index (κ1) is 22.1. The summed E-state index contributed by atoms with van der Waals surface area (Å²) < 4.78 is 27.0. The molecule has 1 saturated heterocycles. The van der Waals surface area contributed by atoms with Crippen LogP contribution in [-0.4, -0.2) is 59.1 Å². The van der Waals surface area contributed by atoms with Crippen molar-refractivity contribution in [2.45, 2.75) is 75.7 Å². The Morgan fingerprint density at radius 2 is 1.60 bits per heavy atom. The third-order valence-corrected chi connectivity index (χ3v) is 4.87. The molecule has 0 bridgehead atoms. The molecule has 9 heteroatoms. The van der Waals surface area contributed by atoms with Crippen LogP contribution in [-0.2, 0) is 38.1 Å². The number of ether oxygens (including phenoxy) is 5. The van der Waals surface area contributed by atoms with Gasteiger partial charge in [-0.15, -0.1) is 0 Å². The standard InChI is InChI=1S/C16H25IO8/c1-6-8(2)22-16-13(17)15(24-11(5)20)14(23-10(4)19)12(25-16)7-21-9(3)18/h8,12-16H,6-7H2,1-5H3/t8?,12-,13+,14-,15-,16+/m1/s1. The predicted octanol–water partition coefficient (Wildman–Crippen LogP) is 1.76. The topological polar surface area (TPSA) is 97.4 Å². The van der Waals surface area contributed by atoms with Crippen molar-refractivity contribution in [3.05, 3.63) is 0 Å². The fourth-order valence-electron chi connectivity index (χ4n) is 2.30. The molecule has 0 aromatic heterocycles. The van der Waals surface area contributed by atoms with Gasteiger partial charge in [-0.25, -0.2) is 0 Å². The normalized spacial score (nSPS) is 30.2. The highest BCUT2D eigenvalue weighted by Gasteiger charge is 2.50. The van der Waals surface area contributed by atoms with Gasteiger partial charge in [-0.05, 0) is 13.3 Å². The number of rotatable bonds is 7. The molecule has 1 fully saturated rings. The lowest BCUT2D eigenvalue weighted by molar-refractivity contribution is -0.268. The lowest BCUT2D eigenvalue weighted by atomic mass is 10.0. The van der Waals surface area contributed by atoms with Crippen LogP contribution < -0.4 is 0 Å². The predicted molar refractivity (Wildman–Crippen MR) is 95.0 cm³/mol. The molecule has 144 valence electrons. The summed E-state index contributed by atoms with van der Waals surface area (Å²) in [5.74, 6) is -1.56. The third kappa shape index (κ3) is 7.06. The minimum absolute atomic E-state index is 0.0834. The van der Waals surface area contributed by atoms with Gasteiger partial charge >= 0.3 is 17.9 Å². The Morgan fingerprint density at radius 1 is 1.04 bits per heavy atom. The molecule has 1 rings (SSSR count). The Hall–Kier alpha value is -0.940. The lowest BCUT2D eigenvalue weighted by Gasteiger charge is -2.43. The molecule has 0 amide bonds. The molecule has 6 atom stereocenters. The molecule has 1 unspecified atom stereocenters. The van der Waals surface area contributed by atoms with Crippen LogP contribution in [0.3, 0.4) is 0 Å². The van der Waals surface area contributed by atoms with Crippen molar-refractivity contribution in [2.75, 3.05) is 6.61 Å². The fraction of sp³-hybridized carbons (Fsp3) is 0.812. The molecule has 25 heavy (non-hydrogen) atoms. The summed E-state index contributed by atoms with van der Waals surface area (Å²) in [7, 11) is 0. The minimum Gasteiger partial charge on any atom is -0.463 e. The maximum absolute atomic E-state index is 11.5. The average Bonchev–Trinajstić information content (AvgIpc) is 2.51. The fourth-order valence-corrected chi connectivity index (χ4v) is 3.19. The molecule has 1 heterocycles. The Balaban J connectivity index is 3.06. The molecule has 1 aliphatic rings. The van der Waals surface area contributed by atoms with Gasteiger partial charge < -0.3 is 23.7 Å². The molecule has 0 spiro atoms. The number of alkyl halides is 1. The second-order valence-corrected chi connectivity index (χ2v) is 7.23. The van der Waals surface area contributed by atoms with Gasteiger partial charge in [-0.3, -0.25) is 14.4 Å². The summed E-state index contributed by atoms with van der Waals surface area (Å²) in [6.07, 6.45) is -2.52. The maximum Gasteiger partial charge on any atom is 0.303 e. The van der Waals surface area contributed by atoms with Crippen LogP contribution in [0, 0.1) is 0 Å². The first-order chi connectivity index (χ1) is 11.6. The van der Waals surface area contributed by atoms with E-state index < -0.39 is 46.4 Å². The Kier molecular flexibility index (Phi) is 9.08. The van der Waals surface area contributed by atoms with Gasteiger partial charge in [0.15, 0.2) is 18.5 Å². The molecule has 1 aliphatic heterocycles. The highest BCUT2D eigenvalue weighted by molar-refractivity contribution is 14.1. The van der Waals surface area contributed by atoms with E-state index in [9.17, 15) is 14.4 Å². The highest BCUT2D eigenvalue weighted by atomic mass is 127. The second kappa shape index (κ2) is 10.3. The van der Waals surface area contributed by atoms with Crippen LogP contribution in [0.15, 0.2) is 0 Å². The first-order valence-electron chi connectivity index (χ1n) is 8.08. The van der Waals surface area contributed by atoms with Gasteiger partial charge in [0.2, 0.25) is 0 Å². The van der Waals surface area contributed by atoms with Crippen LogP contribution in [0.2, 0.25) is 0 Å². The second-order valence-electron chi connectivity index (χ2n) is 5.79. The van der Waals surface area contributed by atoms with Crippen molar-refractivity contribution in [3.8, 4) is 0 Å². The summed E-state index contributed by atoms with van der Waals surface area (Å²) in [6.45, 7) is 7.51. The van der Waals surface area contributed by atoms with E-state index in [2.05, 4.69) is 22.6 Å². The quantitative estimate of drug-likeness (QED) is 0.239. The van der Waals surface area contributed by atoms with Crippen LogP contribution in [0.25, 0.3) is 0 Å². The van der Waals surface area contributed by atoms with Crippen molar-refractivity contribution >= 4 is 40.5 Å². The van der Waals surface area contributed by atoms with E-state index in [0.29, 0.717) is 0 Å². The summed E-state index contributed by atoms with van der Waals surface area (Å²) in [5, 5.41) is 0. The van der Waals surface area contributed by atoms with Crippen LogP contribution in [0.5, 0.6) is 0 Å². The number of esters is 3. The highest BCUT2D eigenvalue weighted by Crippen LogP contribution is 2.33. The third-order valence-electron chi connectivity index (χ3n) is 3.57. The Morgan fingerprint density at radius 3 is 2.08 bits per heavy atom. The van der Waals surface area contributed by atoms with Gasteiger partial charge in [-0.2, -0.15) is 0 Å². The number of carbonyl (C=O) groups excluding carboxylic acids is 3. The smallest absolute Gasteiger partial charge is 0.303 e. The SMILES string of the molecule is CCC(C)O[C@H]1O[C@H](COC(C)=O)[C@@H](OC(C)=O)[C@H](OC(C)=O)[C@@H]1I. The van der Waals surface area contributed by atoms with E-state index in [0.717, 1.165) is 6.42 Å². The van der Waals surface area contributed by atoms with Crippen molar-refractivity contribution in [1.29, 1.82) is 0 Å². The monoisotopic (exact) mass is 472 g/mol. The minimum atomic E-state index is -0.903. The zero-order valence-corrected chi connectivity index (χ0v) is 17.2. The van der Waals surface area contributed by atoms with E-state index >= 15 is 0 Å². The van der Waals surface area contributed by atoms with E-state index in [4.69, 9.17) is 23.7 Å². The number of halogens is 1. The van der Waals surface area contributed by atoms with Crippen LogP contribution in [0.4, 0.5) is 0 Å². The molecule has 0 radical (unpaired) electrons. The summed E-state index contributed by atoms with van der Waals surface area (Å²) in [5.41, 5.74) is 0. The Labute approximate surface area is 161 Å². The first-order valence-corrected chi connectivity index (χ1v) is 9.33.